The highest BCUT2D eigenvalue weighted by molar-refractivity contribution is 5.95. The minimum Gasteiger partial charge on any atom is -0.482 e. The van der Waals surface area contributed by atoms with Crippen LogP contribution in [0.25, 0.3) is 0 Å². The molecule has 0 saturated carbocycles. The van der Waals surface area contributed by atoms with Crippen molar-refractivity contribution in [3.63, 3.8) is 0 Å². The van der Waals surface area contributed by atoms with E-state index in [9.17, 15) is 9.59 Å². The van der Waals surface area contributed by atoms with E-state index in [1.54, 1.807) is 0 Å². The Labute approximate surface area is 155 Å². The number of ether oxygens (including phenoxy) is 1. The molecule has 2 aliphatic rings. The molecular weight excluding hydrogens is 330 g/mol. The van der Waals surface area contributed by atoms with Gasteiger partial charge in [0.1, 0.15) is 5.75 Å². The molecule has 1 saturated heterocycles. The fraction of sp³-hybridized carbons (Fsp3) is 0.600. The molecule has 6 nitrogen and oxygen atoms in total. The van der Waals surface area contributed by atoms with Crippen LogP contribution in [-0.2, 0) is 9.59 Å². The highest BCUT2D eigenvalue weighted by Gasteiger charge is 2.25. The molecule has 2 aliphatic heterocycles. The monoisotopic (exact) mass is 359 g/mol. The molecule has 1 aromatic carbocycles. The van der Waals surface area contributed by atoms with Crippen molar-refractivity contribution in [2.75, 3.05) is 31.6 Å². The smallest absolute Gasteiger partial charge is 0.262 e. The quantitative estimate of drug-likeness (QED) is 0.818. The molecule has 142 valence electrons. The maximum atomic E-state index is 12.8. The molecule has 0 aromatic heterocycles. The van der Waals surface area contributed by atoms with Crippen LogP contribution in [0.2, 0.25) is 0 Å². The highest BCUT2D eigenvalue weighted by Crippen LogP contribution is 2.31. The molecule has 1 aromatic rings. The third-order valence-corrected chi connectivity index (χ3v) is 5.32. The van der Waals surface area contributed by atoms with Crippen molar-refractivity contribution in [1.82, 2.24) is 10.2 Å². The van der Waals surface area contributed by atoms with Gasteiger partial charge in [0.2, 0.25) is 5.91 Å². The predicted molar refractivity (Wildman–Crippen MR) is 101 cm³/mol. The van der Waals surface area contributed by atoms with Crippen molar-refractivity contribution in [2.24, 2.45) is 5.92 Å². The largest absolute Gasteiger partial charge is 0.482 e. The minimum absolute atomic E-state index is 0.0194. The molecule has 2 heterocycles. The zero-order valence-corrected chi connectivity index (χ0v) is 15.9. The predicted octanol–water partition coefficient (Wildman–Crippen LogP) is 2.36. The van der Waals surface area contributed by atoms with Gasteiger partial charge in [0.25, 0.3) is 5.91 Å². The molecule has 0 spiro atoms. The molecule has 0 radical (unpaired) electrons. The summed E-state index contributed by atoms with van der Waals surface area (Å²) in [6.45, 7) is 9.39. The average Bonchev–Trinajstić information content (AvgIpc) is 3.12. The summed E-state index contributed by atoms with van der Waals surface area (Å²) in [7, 11) is 0. The van der Waals surface area contributed by atoms with Crippen LogP contribution >= 0.6 is 0 Å². The second kappa shape index (κ2) is 8.08. The molecule has 2 unspecified atom stereocenters. The number of nitrogens with zero attached hydrogens (tertiary/aromatic N) is 1. The van der Waals surface area contributed by atoms with Gasteiger partial charge in [-0.1, -0.05) is 19.9 Å². The van der Waals surface area contributed by atoms with Gasteiger partial charge in [0.05, 0.1) is 11.6 Å². The van der Waals surface area contributed by atoms with Crippen molar-refractivity contribution in [2.45, 2.75) is 45.6 Å². The lowest BCUT2D eigenvalue weighted by Gasteiger charge is -2.29. The van der Waals surface area contributed by atoms with Crippen LogP contribution in [0.4, 0.5) is 5.69 Å². The number of amides is 2. The summed E-state index contributed by atoms with van der Waals surface area (Å²) in [6.07, 6.45) is 2.50. The maximum Gasteiger partial charge on any atom is 0.262 e. The van der Waals surface area contributed by atoms with E-state index in [-0.39, 0.29) is 30.4 Å². The summed E-state index contributed by atoms with van der Waals surface area (Å²) < 4.78 is 5.38. The van der Waals surface area contributed by atoms with Crippen molar-refractivity contribution in [3.8, 4) is 5.75 Å². The summed E-state index contributed by atoms with van der Waals surface area (Å²) >= 11 is 0. The molecule has 0 bridgehead atoms. The van der Waals surface area contributed by atoms with E-state index in [0.29, 0.717) is 17.4 Å². The molecular formula is C20H29N3O3. The van der Waals surface area contributed by atoms with E-state index in [4.69, 9.17) is 4.74 Å². The van der Waals surface area contributed by atoms with Crippen molar-refractivity contribution in [3.05, 3.63) is 23.8 Å². The van der Waals surface area contributed by atoms with Gasteiger partial charge in [-0.05, 0) is 56.5 Å². The number of likely N-dealkylation sites (tertiary alicyclic amines) is 1. The Hall–Kier alpha value is -2.08. The first-order valence-corrected chi connectivity index (χ1v) is 9.53. The number of fused-ring (bicyclic) bond motifs is 1. The van der Waals surface area contributed by atoms with E-state index < -0.39 is 0 Å². The van der Waals surface area contributed by atoms with E-state index in [0.717, 1.165) is 25.2 Å². The van der Waals surface area contributed by atoms with E-state index in [1.165, 1.54) is 12.8 Å². The standard InChI is InChI=1S/C20H29N3O3/c1-13(2)17(11-23-8-4-5-9-23)22-20(25)14(3)15-6-7-18-16(10-15)21-19(24)12-26-18/h6-7,10,13-14,17H,4-5,8-9,11-12H2,1-3H3,(H,21,24)(H,22,25). The van der Waals surface area contributed by atoms with E-state index in [2.05, 4.69) is 29.4 Å². The van der Waals surface area contributed by atoms with Crippen LogP contribution in [-0.4, -0.2) is 49.0 Å². The Kier molecular flexibility index (Phi) is 5.81. The third-order valence-electron chi connectivity index (χ3n) is 5.32. The highest BCUT2D eigenvalue weighted by atomic mass is 16.5. The molecule has 0 aliphatic carbocycles. The first-order chi connectivity index (χ1) is 12.4. The van der Waals surface area contributed by atoms with Gasteiger partial charge in [-0.3, -0.25) is 9.59 Å². The molecule has 2 N–H and O–H groups in total. The topological polar surface area (TPSA) is 70.7 Å². The number of anilines is 1. The van der Waals surface area contributed by atoms with E-state index >= 15 is 0 Å². The number of benzene rings is 1. The van der Waals surface area contributed by atoms with Gasteiger partial charge < -0.3 is 20.3 Å². The van der Waals surface area contributed by atoms with Gasteiger partial charge >= 0.3 is 0 Å². The lowest BCUT2D eigenvalue weighted by molar-refractivity contribution is -0.123. The van der Waals surface area contributed by atoms with Crippen molar-refractivity contribution >= 4 is 17.5 Å². The molecule has 2 amide bonds. The summed E-state index contributed by atoms with van der Waals surface area (Å²) in [5.74, 6) is 0.583. The van der Waals surface area contributed by atoms with Gasteiger partial charge in [-0.25, -0.2) is 0 Å². The summed E-state index contributed by atoms with van der Waals surface area (Å²) in [5.41, 5.74) is 1.51. The first-order valence-electron chi connectivity index (χ1n) is 9.53. The van der Waals surface area contributed by atoms with Crippen molar-refractivity contribution in [1.29, 1.82) is 0 Å². The summed E-state index contributed by atoms with van der Waals surface area (Å²) in [5, 5.41) is 6.03. The third kappa shape index (κ3) is 4.36. The number of hydrogen-bond acceptors (Lipinski definition) is 4. The van der Waals surface area contributed by atoms with Crippen LogP contribution < -0.4 is 15.4 Å². The SMILES string of the molecule is CC(C(=O)NC(CN1CCCC1)C(C)C)c1ccc2c(c1)NC(=O)CO2. The van der Waals surface area contributed by atoms with Gasteiger partial charge in [0, 0.05) is 12.6 Å². The Bertz CT molecular complexity index is 668. The molecule has 1 fully saturated rings. The Morgan fingerprint density at radius 2 is 2.00 bits per heavy atom. The minimum atomic E-state index is -0.293. The zero-order chi connectivity index (χ0) is 18.7. The van der Waals surface area contributed by atoms with E-state index in [1.807, 2.05) is 25.1 Å². The lowest BCUT2D eigenvalue weighted by atomic mass is 9.97. The van der Waals surface area contributed by atoms with Crippen LogP contribution in [0.5, 0.6) is 5.75 Å². The zero-order valence-electron chi connectivity index (χ0n) is 15.9. The van der Waals surface area contributed by atoms with Gasteiger partial charge in [-0.15, -0.1) is 0 Å². The number of nitrogens with one attached hydrogen (secondary N) is 2. The molecule has 26 heavy (non-hydrogen) atoms. The van der Waals surface area contributed by atoms with Gasteiger partial charge in [0.15, 0.2) is 6.61 Å². The fourth-order valence-electron chi connectivity index (χ4n) is 3.50. The number of carbonyl (C=O) groups excluding carboxylic acids is 2. The Morgan fingerprint density at radius 3 is 2.69 bits per heavy atom. The number of carbonyl (C=O) groups is 2. The first kappa shape index (κ1) is 18.7. The number of hydrogen-bond donors (Lipinski definition) is 2. The van der Waals surface area contributed by atoms with Crippen LogP contribution in [0, 0.1) is 5.92 Å². The normalized spacial score (nSPS) is 19.5. The summed E-state index contributed by atoms with van der Waals surface area (Å²) in [4.78, 5) is 26.8. The van der Waals surface area contributed by atoms with Gasteiger partial charge in [-0.2, -0.15) is 0 Å². The maximum absolute atomic E-state index is 12.8. The molecule has 6 heteroatoms. The second-order valence-corrected chi connectivity index (χ2v) is 7.68. The fourth-order valence-corrected chi connectivity index (χ4v) is 3.50. The van der Waals surface area contributed by atoms with Crippen LogP contribution in [0.3, 0.4) is 0 Å². The average molecular weight is 359 g/mol. The Morgan fingerprint density at radius 1 is 1.27 bits per heavy atom. The summed E-state index contributed by atoms with van der Waals surface area (Å²) in [6, 6.07) is 5.69. The molecule has 2 atom stereocenters. The Balaban J connectivity index is 1.66. The lowest BCUT2D eigenvalue weighted by Crippen LogP contribution is -2.47. The number of rotatable bonds is 6. The van der Waals surface area contributed by atoms with Crippen LogP contribution in [0.15, 0.2) is 18.2 Å². The molecule has 3 rings (SSSR count). The second-order valence-electron chi connectivity index (χ2n) is 7.68. The van der Waals surface area contributed by atoms with Crippen molar-refractivity contribution < 1.29 is 14.3 Å². The van der Waals surface area contributed by atoms with Crippen LogP contribution in [0.1, 0.15) is 45.1 Å².